The molecule has 0 heterocycles. The van der Waals surface area contributed by atoms with Crippen molar-refractivity contribution >= 4 is 39.1 Å². The van der Waals surface area contributed by atoms with Crippen LogP contribution in [-0.2, 0) is 32.6 Å². The van der Waals surface area contributed by atoms with Gasteiger partial charge in [-0.15, -0.1) is 0 Å². The van der Waals surface area contributed by atoms with E-state index in [9.17, 15) is 18.0 Å². The number of hydrogen-bond donors (Lipinski definition) is 1. The number of carbonyl (C=O) groups is 2. The van der Waals surface area contributed by atoms with Gasteiger partial charge in [-0.05, 0) is 54.2 Å². The van der Waals surface area contributed by atoms with Crippen LogP contribution in [0.15, 0.2) is 72.8 Å². The Morgan fingerprint density at radius 1 is 0.925 bits per heavy atom. The Labute approximate surface area is 243 Å². The summed E-state index contributed by atoms with van der Waals surface area (Å²) in [6.07, 6.45) is 1.33. The molecule has 1 atom stereocenters. The quantitative estimate of drug-likeness (QED) is 0.320. The van der Waals surface area contributed by atoms with Gasteiger partial charge in [0.1, 0.15) is 12.6 Å². The van der Waals surface area contributed by atoms with Crippen LogP contribution in [0.4, 0.5) is 5.69 Å². The average Bonchev–Trinajstić information content (AvgIpc) is 2.90. The van der Waals surface area contributed by atoms with Gasteiger partial charge in [-0.25, -0.2) is 8.42 Å². The van der Waals surface area contributed by atoms with Gasteiger partial charge in [0.25, 0.3) is 0 Å². The molecule has 0 saturated heterocycles. The number of aryl methyl sites for hydroxylation is 1. The summed E-state index contributed by atoms with van der Waals surface area (Å²) < 4.78 is 27.1. The minimum absolute atomic E-state index is 0.0372. The fourth-order valence-electron chi connectivity index (χ4n) is 4.39. The molecule has 0 radical (unpaired) electrons. The summed E-state index contributed by atoms with van der Waals surface area (Å²) in [6, 6.07) is 21.0. The summed E-state index contributed by atoms with van der Waals surface area (Å²) in [5.41, 5.74) is 3.62. The van der Waals surface area contributed by atoms with E-state index in [1.165, 1.54) is 4.90 Å². The lowest BCUT2D eigenvalue weighted by Gasteiger charge is -2.34. The Morgan fingerprint density at radius 3 is 2.20 bits per heavy atom. The predicted molar refractivity (Wildman–Crippen MR) is 162 cm³/mol. The molecule has 0 fully saturated rings. The monoisotopic (exact) mass is 583 g/mol. The maximum absolute atomic E-state index is 14.2. The molecule has 0 aliphatic rings. The van der Waals surface area contributed by atoms with Gasteiger partial charge in [0.15, 0.2) is 0 Å². The number of amides is 2. The van der Waals surface area contributed by atoms with Crippen LogP contribution in [-0.4, -0.2) is 50.5 Å². The first-order valence-electron chi connectivity index (χ1n) is 13.3. The average molecular weight is 584 g/mol. The molecular formula is C31H38ClN3O4S. The number of halogens is 1. The van der Waals surface area contributed by atoms with Crippen LogP contribution < -0.4 is 9.62 Å². The molecule has 1 N–H and O–H groups in total. The smallest absolute Gasteiger partial charge is 0.244 e. The first-order chi connectivity index (χ1) is 18.9. The van der Waals surface area contributed by atoms with Crippen LogP contribution in [0.25, 0.3) is 0 Å². The molecule has 1 unspecified atom stereocenters. The van der Waals surface area contributed by atoms with Gasteiger partial charge in [-0.3, -0.25) is 13.9 Å². The zero-order valence-corrected chi connectivity index (χ0v) is 25.3. The number of hydrogen-bond acceptors (Lipinski definition) is 4. The van der Waals surface area contributed by atoms with Crippen molar-refractivity contribution in [3.63, 3.8) is 0 Å². The van der Waals surface area contributed by atoms with Gasteiger partial charge in [0, 0.05) is 24.5 Å². The third-order valence-electron chi connectivity index (χ3n) is 6.78. The van der Waals surface area contributed by atoms with Crippen molar-refractivity contribution in [2.45, 2.75) is 46.7 Å². The second kappa shape index (κ2) is 13.8. The molecule has 0 saturated carbocycles. The van der Waals surface area contributed by atoms with Gasteiger partial charge in [-0.1, -0.05) is 86.1 Å². The number of nitrogens with one attached hydrogen (secondary N) is 1. The summed E-state index contributed by atoms with van der Waals surface area (Å²) in [7, 11) is -3.83. The first-order valence-corrected chi connectivity index (χ1v) is 15.5. The number of nitrogens with zero attached hydrogens (tertiary/aromatic N) is 2. The molecule has 3 aromatic rings. The lowest BCUT2D eigenvalue weighted by atomic mass is 10.0. The van der Waals surface area contributed by atoms with E-state index < -0.39 is 28.5 Å². The largest absolute Gasteiger partial charge is 0.354 e. The molecule has 40 heavy (non-hydrogen) atoms. The second-order valence-electron chi connectivity index (χ2n) is 10.4. The standard InChI is InChI=1S/C31H38ClN3O4S/c1-22(2)19-33-31(37)29(18-25-13-7-6-8-14-25)34(20-26-15-9-10-16-27(26)32)30(36)21-35(40(5,38)39)28-17-11-12-23(3)24(28)4/h6-17,22,29H,18-21H2,1-5H3,(H,33,37). The van der Waals surface area contributed by atoms with Gasteiger partial charge >= 0.3 is 0 Å². The minimum atomic E-state index is -3.83. The topological polar surface area (TPSA) is 86.8 Å². The molecule has 9 heteroatoms. The van der Waals surface area contributed by atoms with Crippen molar-refractivity contribution < 1.29 is 18.0 Å². The Balaban J connectivity index is 2.08. The van der Waals surface area contributed by atoms with E-state index in [2.05, 4.69) is 5.32 Å². The van der Waals surface area contributed by atoms with Crippen LogP contribution in [0.2, 0.25) is 5.02 Å². The van der Waals surface area contributed by atoms with Gasteiger partial charge in [-0.2, -0.15) is 0 Å². The molecule has 0 aromatic heterocycles. The number of benzene rings is 3. The number of carbonyl (C=O) groups excluding carboxylic acids is 2. The highest BCUT2D eigenvalue weighted by Crippen LogP contribution is 2.26. The highest BCUT2D eigenvalue weighted by molar-refractivity contribution is 7.92. The van der Waals surface area contributed by atoms with Gasteiger partial charge in [0.05, 0.1) is 11.9 Å². The first kappa shape index (κ1) is 31.2. The highest BCUT2D eigenvalue weighted by atomic mass is 35.5. The zero-order valence-electron chi connectivity index (χ0n) is 23.7. The van der Waals surface area contributed by atoms with E-state index in [0.717, 1.165) is 27.3 Å². The van der Waals surface area contributed by atoms with Crippen molar-refractivity contribution in [1.29, 1.82) is 0 Å². The lowest BCUT2D eigenvalue weighted by molar-refractivity contribution is -0.140. The summed E-state index contributed by atoms with van der Waals surface area (Å²) >= 11 is 6.49. The van der Waals surface area contributed by atoms with Crippen molar-refractivity contribution in [2.75, 3.05) is 23.7 Å². The van der Waals surface area contributed by atoms with Crippen molar-refractivity contribution in [3.05, 3.63) is 100 Å². The van der Waals surface area contributed by atoms with Crippen LogP contribution >= 0.6 is 11.6 Å². The van der Waals surface area contributed by atoms with E-state index in [0.29, 0.717) is 22.8 Å². The van der Waals surface area contributed by atoms with E-state index >= 15 is 0 Å². The molecule has 214 valence electrons. The molecule has 0 aliphatic heterocycles. The minimum Gasteiger partial charge on any atom is -0.354 e. The zero-order chi connectivity index (χ0) is 29.4. The van der Waals surface area contributed by atoms with Crippen LogP contribution in [0.1, 0.15) is 36.1 Å². The van der Waals surface area contributed by atoms with E-state index in [1.807, 2.05) is 70.2 Å². The molecule has 0 aliphatic carbocycles. The maximum atomic E-state index is 14.2. The second-order valence-corrected chi connectivity index (χ2v) is 12.8. The normalized spacial score (nSPS) is 12.2. The fraction of sp³-hybridized carbons (Fsp3) is 0.355. The summed E-state index contributed by atoms with van der Waals surface area (Å²) in [6.45, 7) is 7.72. The number of anilines is 1. The highest BCUT2D eigenvalue weighted by Gasteiger charge is 2.33. The Hall–Kier alpha value is -3.36. The van der Waals surface area contributed by atoms with Crippen LogP contribution in [0.3, 0.4) is 0 Å². The lowest BCUT2D eigenvalue weighted by Crippen LogP contribution is -2.53. The molecule has 2 amide bonds. The van der Waals surface area contributed by atoms with Crippen molar-refractivity contribution in [2.24, 2.45) is 5.92 Å². The molecular weight excluding hydrogens is 546 g/mol. The van der Waals surface area contributed by atoms with E-state index in [-0.39, 0.29) is 24.8 Å². The van der Waals surface area contributed by atoms with Crippen molar-refractivity contribution in [1.82, 2.24) is 10.2 Å². The summed E-state index contributed by atoms with van der Waals surface area (Å²) in [5, 5.41) is 3.43. The Kier molecular flexibility index (Phi) is 10.8. The van der Waals surface area contributed by atoms with Crippen molar-refractivity contribution in [3.8, 4) is 0 Å². The number of rotatable bonds is 12. The third-order valence-corrected chi connectivity index (χ3v) is 8.27. The fourth-order valence-corrected chi connectivity index (χ4v) is 5.48. The third kappa shape index (κ3) is 8.32. The van der Waals surface area contributed by atoms with Crippen LogP contribution in [0, 0.1) is 19.8 Å². The summed E-state index contributed by atoms with van der Waals surface area (Å²) in [5.74, 6) is -0.610. The van der Waals surface area contributed by atoms with E-state index in [4.69, 9.17) is 11.6 Å². The SMILES string of the molecule is Cc1cccc(N(CC(=O)N(Cc2ccccc2Cl)C(Cc2ccccc2)C(=O)NCC(C)C)S(C)(=O)=O)c1C. The molecule has 0 bridgehead atoms. The Bertz CT molecular complexity index is 1430. The van der Waals surface area contributed by atoms with E-state index in [1.54, 1.807) is 30.3 Å². The van der Waals surface area contributed by atoms with Gasteiger partial charge in [0.2, 0.25) is 21.8 Å². The maximum Gasteiger partial charge on any atom is 0.244 e. The molecule has 3 aromatic carbocycles. The molecule has 7 nitrogen and oxygen atoms in total. The van der Waals surface area contributed by atoms with Gasteiger partial charge < -0.3 is 10.2 Å². The van der Waals surface area contributed by atoms with Crippen LogP contribution in [0.5, 0.6) is 0 Å². The number of sulfonamides is 1. The predicted octanol–water partition coefficient (Wildman–Crippen LogP) is 5.14. The Morgan fingerprint density at radius 2 is 1.57 bits per heavy atom. The molecule has 3 rings (SSSR count). The summed E-state index contributed by atoms with van der Waals surface area (Å²) in [4.78, 5) is 29.3. The molecule has 0 spiro atoms.